The molecular formula is C25H29N5O. The Balaban J connectivity index is 1.41. The Morgan fingerprint density at radius 3 is 2.48 bits per heavy atom. The molecule has 0 aliphatic carbocycles. The molecule has 1 aromatic heterocycles. The van der Waals surface area contributed by atoms with E-state index in [1.807, 2.05) is 67.5 Å². The molecule has 3 aromatic rings. The van der Waals surface area contributed by atoms with Crippen LogP contribution in [0.25, 0.3) is 11.3 Å². The van der Waals surface area contributed by atoms with Crippen LogP contribution < -0.4 is 15.1 Å². The summed E-state index contributed by atoms with van der Waals surface area (Å²) in [7, 11) is 4.00. The molecule has 1 atom stereocenters. The summed E-state index contributed by atoms with van der Waals surface area (Å²) in [5, 5.41) is 12.0. The lowest BCUT2D eigenvalue weighted by Crippen LogP contribution is -2.41. The highest BCUT2D eigenvalue weighted by Crippen LogP contribution is 2.26. The molecule has 1 unspecified atom stereocenters. The highest BCUT2D eigenvalue weighted by Gasteiger charge is 2.27. The van der Waals surface area contributed by atoms with Gasteiger partial charge in [-0.05, 0) is 61.7 Å². The van der Waals surface area contributed by atoms with Gasteiger partial charge in [0, 0.05) is 44.1 Å². The zero-order valence-corrected chi connectivity index (χ0v) is 18.4. The number of piperidine rings is 1. The second-order valence-corrected chi connectivity index (χ2v) is 8.31. The first-order chi connectivity index (χ1) is 15.0. The second-order valence-electron chi connectivity index (χ2n) is 8.31. The van der Waals surface area contributed by atoms with Crippen molar-refractivity contribution < 1.29 is 4.79 Å². The van der Waals surface area contributed by atoms with Crippen LogP contribution in [0.2, 0.25) is 0 Å². The standard InChI is InChI=1S/C25H29N5O/c1-18-7-4-5-9-22(18)23-14-15-24(28-27-23)30-16-6-8-19(17-30)25(31)26-20-10-12-21(13-11-20)29(2)3/h4-5,7,9-15,19H,6,8,16-17H2,1-3H3,(H,26,31). The Labute approximate surface area is 183 Å². The normalized spacial score (nSPS) is 16.1. The van der Waals surface area contributed by atoms with Crippen molar-refractivity contribution in [3.05, 3.63) is 66.2 Å². The lowest BCUT2D eigenvalue weighted by atomic mass is 9.97. The van der Waals surface area contributed by atoms with Crippen LogP contribution >= 0.6 is 0 Å². The fourth-order valence-electron chi connectivity index (χ4n) is 3.98. The molecule has 160 valence electrons. The van der Waals surface area contributed by atoms with E-state index < -0.39 is 0 Å². The van der Waals surface area contributed by atoms with Gasteiger partial charge in [0.1, 0.15) is 0 Å². The summed E-state index contributed by atoms with van der Waals surface area (Å²) in [4.78, 5) is 17.1. The highest BCUT2D eigenvalue weighted by molar-refractivity contribution is 5.93. The van der Waals surface area contributed by atoms with Gasteiger partial charge in [-0.1, -0.05) is 24.3 Å². The SMILES string of the molecule is Cc1ccccc1-c1ccc(N2CCCC(C(=O)Nc3ccc(N(C)C)cc3)C2)nn1. The van der Waals surface area contributed by atoms with E-state index in [1.165, 1.54) is 5.56 Å². The molecule has 1 amide bonds. The van der Waals surface area contributed by atoms with Gasteiger partial charge in [0.25, 0.3) is 0 Å². The molecular weight excluding hydrogens is 386 g/mol. The summed E-state index contributed by atoms with van der Waals surface area (Å²) in [6, 6.07) is 20.1. The molecule has 0 bridgehead atoms. The van der Waals surface area contributed by atoms with Gasteiger partial charge in [-0.3, -0.25) is 4.79 Å². The second kappa shape index (κ2) is 9.16. The van der Waals surface area contributed by atoms with Crippen LogP contribution in [0.15, 0.2) is 60.7 Å². The largest absolute Gasteiger partial charge is 0.378 e. The molecule has 0 radical (unpaired) electrons. The number of carbonyl (C=O) groups excluding carboxylic acids is 1. The van der Waals surface area contributed by atoms with Crippen LogP contribution in [-0.4, -0.2) is 43.3 Å². The molecule has 1 aliphatic heterocycles. The lowest BCUT2D eigenvalue weighted by Gasteiger charge is -2.32. The maximum atomic E-state index is 12.9. The van der Waals surface area contributed by atoms with Crippen molar-refractivity contribution in [2.75, 3.05) is 42.3 Å². The van der Waals surface area contributed by atoms with Gasteiger partial charge in [-0.25, -0.2) is 0 Å². The average Bonchev–Trinajstić information content (AvgIpc) is 2.80. The van der Waals surface area contributed by atoms with Gasteiger partial charge in [0.15, 0.2) is 5.82 Å². The topological polar surface area (TPSA) is 61.4 Å². The van der Waals surface area contributed by atoms with Crippen LogP contribution in [0.5, 0.6) is 0 Å². The summed E-state index contributed by atoms with van der Waals surface area (Å²) >= 11 is 0. The molecule has 4 rings (SSSR count). The van der Waals surface area contributed by atoms with E-state index >= 15 is 0 Å². The number of anilines is 3. The monoisotopic (exact) mass is 415 g/mol. The quantitative estimate of drug-likeness (QED) is 0.670. The maximum Gasteiger partial charge on any atom is 0.229 e. The molecule has 1 saturated heterocycles. The highest BCUT2D eigenvalue weighted by atomic mass is 16.1. The van der Waals surface area contributed by atoms with Crippen molar-refractivity contribution in [3.8, 4) is 11.3 Å². The number of rotatable bonds is 5. The average molecular weight is 416 g/mol. The zero-order chi connectivity index (χ0) is 21.8. The number of carbonyl (C=O) groups is 1. The molecule has 1 aliphatic rings. The Bertz CT molecular complexity index is 1030. The lowest BCUT2D eigenvalue weighted by molar-refractivity contribution is -0.120. The minimum absolute atomic E-state index is 0.0618. The third kappa shape index (κ3) is 4.85. The van der Waals surface area contributed by atoms with Crippen LogP contribution in [0, 0.1) is 12.8 Å². The summed E-state index contributed by atoms with van der Waals surface area (Å²) in [5.41, 5.74) is 5.08. The summed E-state index contributed by atoms with van der Waals surface area (Å²) < 4.78 is 0. The Morgan fingerprint density at radius 1 is 1.03 bits per heavy atom. The number of aryl methyl sites for hydroxylation is 1. The molecule has 31 heavy (non-hydrogen) atoms. The maximum absolute atomic E-state index is 12.9. The molecule has 6 heteroatoms. The molecule has 2 aromatic carbocycles. The van der Waals surface area contributed by atoms with Gasteiger partial charge in [0.05, 0.1) is 11.6 Å². The predicted octanol–water partition coefficient (Wildman–Crippen LogP) is 4.37. The first-order valence-electron chi connectivity index (χ1n) is 10.7. The first-order valence-corrected chi connectivity index (χ1v) is 10.7. The molecule has 1 N–H and O–H groups in total. The Kier molecular flexibility index (Phi) is 6.16. The fourth-order valence-corrected chi connectivity index (χ4v) is 3.98. The zero-order valence-electron chi connectivity index (χ0n) is 18.4. The molecule has 6 nitrogen and oxygen atoms in total. The van der Waals surface area contributed by atoms with Gasteiger partial charge in [-0.2, -0.15) is 0 Å². The van der Waals surface area contributed by atoms with E-state index in [-0.39, 0.29) is 11.8 Å². The van der Waals surface area contributed by atoms with E-state index in [2.05, 4.69) is 39.5 Å². The van der Waals surface area contributed by atoms with Crippen molar-refractivity contribution in [2.24, 2.45) is 5.92 Å². The van der Waals surface area contributed by atoms with E-state index in [0.29, 0.717) is 6.54 Å². The Morgan fingerprint density at radius 2 is 1.81 bits per heavy atom. The molecule has 0 saturated carbocycles. The number of aromatic nitrogens is 2. The minimum atomic E-state index is -0.0693. The van der Waals surface area contributed by atoms with E-state index in [1.54, 1.807) is 0 Å². The Hall–Kier alpha value is -3.41. The third-order valence-corrected chi connectivity index (χ3v) is 5.84. The first kappa shape index (κ1) is 20.8. The van der Waals surface area contributed by atoms with Crippen molar-refractivity contribution in [1.82, 2.24) is 10.2 Å². The van der Waals surface area contributed by atoms with Crippen molar-refractivity contribution >= 4 is 23.1 Å². The van der Waals surface area contributed by atoms with Gasteiger partial charge < -0.3 is 15.1 Å². The minimum Gasteiger partial charge on any atom is -0.378 e. The molecule has 0 spiro atoms. The number of nitrogens with one attached hydrogen (secondary N) is 1. The fraction of sp³-hybridized carbons (Fsp3) is 0.320. The smallest absolute Gasteiger partial charge is 0.229 e. The summed E-state index contributed by atoms with van der Waals surface area (Å²) in [6.45, 7) is 3.62. The molecule has 2 heterocycles. The van der Waals surface area contributed by atoms with Gasteiger partial charge in [0.2, 0.25) is 5.91 Å². The summed E-state index contributed by atoms with van der Waals surface area (Å²) in [6.07, 6.45) is 1.84. The van der Waals surface area contributed by atoms with Crippen LogP contribution in [0.3, 0.4) is 0 Å². The number of amides is 1. The van der Waals surface area contributed by atoms with Crippen LogP contribution in [-0.2, 0) is 4.79 Å². The number of benzene rings is 2. The number of hydrogen-bond acceptors (Lipinski definition) is 5. The van der Waals surface area contributed by atoms with Crippen molar-refractivity contribution in [2.45, 2.75) is 19.8 Å². The molecule has 1 fully saturated rings. The number of hydrogen-bond donors (Lipinski definition) is 1. The van der Waals surface area contributed by atoms with E-state index in [9.17, 15) is 4.79 Å². The third-order valence-electron chi connectivity index (χ3n) is 5.84. The van der Waals surface area contributed by atoms with E-state index in [4.69, 9.17) is 0 Å². The van der Waals surface area contributed by atoms with E-state index in [0.717, 1.165) is 47.8 Å². The van der Waals surface area contributed by atoms with Crippen molar-refractivity contribution in [1.29, 1.82) is 0 Å². The summed E-state index contributed by atoms with van der Waals surface area (Å²) in [5.74, 6) is 0.817. The van der Waals surface area contributed by atoms with Crippen LogP contribution in [0.4, 0.5) is 17.2 Å². The predicted molar refractivity (Wildman–Crippen MR) is 127 cm³/mol. The van der Waals surface area contributed by atoms with Gasteiger partial charge in [-0.15, -0.1) is 10.2 Å². The van der Waals surface area contributed by atoms with Gasteiger partial charge >= 0.3 is 0 Å². The number of nitrogens with zero attached hydrogens (tertiary/aromatic N) is 4. The van der Waals surface area contributed by atoms with Crippen LogP contribution in [0.1, 0.15) is 18.4 Å². The van der Waals surface area contributed by atoms with Crippen molar-refractivity contribution in [3.63, 3.8) is 0 Å².